The quantitative estimate of drug-likeness (QED) is 0.569. The van der Waals surface area contributed by atoms with Gasteiger partial charge >= 0.3 is 12.0 Å². The fourth-order valence-electron chi connectivity index (χ4n) is 1.38. The van der Waals surface area contributed by atoms with Crippen molar-refractivity contribution in [2.75, 3.05) is 7.11 Å². The van der Waals surface area contributed by atoms with Crippen molar-refractivity contribution in [1.29, 1.82) is 0 Å². The van der Waals surface area contributed by atoms with Crippen molar-refractivity contribution in [3.05, 3.63) is 23.4 Å². The first-order chi connectivity index (χ1) is 7.11. The minimum Gasteiger partial charge on any atom is -0.465 e. The molecule has 2 amide bonds. The molecule has 1 N–H and O–H groups in total. The molecule has 1 atom stereocenters. The van der Waals surface area contributed by atoms with Gasteiger partial charge in [-0.2, -0.15) is 4.99 Å². The number of methoxy groups -OCH3 is 1. The maximum absolute atomic E-state index is 11.3. The highest BCUT2D eigenvalue weighted by atomic mass is 79.9. The van der Waals surface area contributed by atoms with E-state index in [0.29, 0.717) is 17.0 Å². The number of carbonyl (C=O) groups is 2. The predicted octanol–water partition coefficient (Wildman–Crippen LogP) is 0.911. The van der Waals surface area contributed by atoms with Gasteiger partial charge in [-0.3, -0.25) is 0 Å². The van der Waals surface area contributed by atoms with Crippen molar-refractivity contribution in [2.45, 2.75) is 4.83 Å². The van der Waals surface area contributed by atoms with Gasteiger partial charge in [0.15, 0.2) is 0 Å². The first-order valence-electron chi connectivity index (χ1n) is 4.17. The summed E-state index contributed by atoms with van der Waals surface area (Å²) in [7, 11) is 1.31. The van der Waals surface area contributed by atoms with Gasteiger partial charge in [0.25, 0.3) is 0 Å². The van der Waals surface area contributed by atoms with Crippen LogP contribution in [-0.4, -0.2) is 29.6 Å². The van der Waals surface area contributed by atoms with Crippen LogP contribution in [0.25, 0.3) is 0 Å². The first kappa shape index (κ1) is 10.1. The molecule has 5 nitrogen and oxygen atoms in total. The monoisotopic (exact) mass is 270 g/mol. The second-order valence-electron chi connectivity index (χ2n) is 3.00. The molecule has 1 aliphatic carbocycles. The zero-order valence-corrected chi connectivity index (χ0v) is 9.37. The predicted molar refractivity (Wildman–Crippen MR) is 56.9 cm³/mol. The number of allylic oxidation sites excluding steroid dienone is 2. The molecule has 0 saturated carbocycles. The summed E-state index contributed by atoms with van der Waals surface area (Å²) in [5.41, 5.74) is 1.54. The van der Waals surface area contributed by atoms with Crippen molar-refractivity contribution in [2.24, 2.45) is 4.99 Å². The molecule has 0 fully saturated rings. The number of nitrogens with one attached hydrogen (secondary N) is 1. The van der Waals surface area contributed by atoms with Gasteiger partial charge in [-0.25, -0.2) is 9.59 Å². The molecule has 0 spiro atoms. The summed E-state index contributed by atoms with van der Waals surface area (Å²) in [5.74, 6) is -0.438. The van der Waals surface area contributed by atoms with Crippen LogP contribution < -0.4 is 5.32 Å². The van der Waals surface area contributed by atoms with Gasteiger partial charge in [-0.05, 0) is 6.08 Å². The minimum absolute atomic E-state index is 0.245. The summed E-state index contributed by atoms with van der Waals surface area (Å²) in [6, 6.07) is -0.416. The van der Waals surface area contributed by atoms with E-state index in [0.717, 1.165) is 0 Å². The van der Waals surface area contributed by atoms with Gasteiger partial charge in [0, 0.05) is 0 Å². The number of hydrogen-bond acceptors (Lipinski definition) is 3. The molecule has 0 aromatic heterocycles. The average Bonchev–Trinajstić information content (AvgIpc) is 2.58. The third-order valence-electron chi connectivity index (χ3n) is 2.05. The van der Waals surface area contributed by atoms with Gasteiger partial charge in [-0.1, -0.05) is 22.0 Å². The van der Waals surface area contributed by atoms with Gasteiger partial charge < -0.3 is 10.1 Å². The zero-order chi connectivity index (χ0) is 11.0. The number of alkyl halides is 1. The highest BCUT2D eigenvalue weighted by molar-refractivity contribution is 9.10. The van der Waals surface area contributed by atoms with E-state index >= 15 is 0 Å². The fourth-order valence-corrected chi connectivity index (χ4v) is 2.02. The minimum atomic E-state index is -0.438. The van der Waals surface area contributed by atoms with Crippen LogP contribution >= 0.6 is 15.9 Å². The molecule has 1 aliphatic heterocycles. The second-order valence-corrected chi connectivity index (χ2v) is 3.99. The summed E-state index contributed by atoms with van der Waals surface area (Å²) in [5, 5.41) is 2.54. The smallest absolute Gasteiger partial charge is 0.345 e. The number of rotatable bonds is 1. The topological polar surface area (TPSA) is 67.8 Å². The van der Waals surface area contributed by atoms with Gasteiger partial charge in [-0.15, -0.1) is 0 Å². The van der Waals surface area contributed by atoms with E-state index in [1.807, 2.05) is 0 Å². The van der Waals surface area contributed by atoms with Crippen LogP contribution in [0.15, 0.2) is 28.4 Å². The Morgan fingerprint density at radius 1 is 1.67 bits per heavy atom. The van der Waals surface area contributed by atoms with Crippen molar-refractivity contribution in [3.63, 3.8) is 0 Å². The summed E-state index contributed by atoms with van der Waals surface area (Å²) in [6.45, 7) is 0. The fraction of sp³-hybridized carbons (Fsp3) is 0.222. The maximum atomic E-state index is 11.3. The lowest BCUT2D eigenvalue weighted by atomic mass is 10.0. The second kappa shape index (κ2) is 3.62. The number of fused-ring (bicyclic) bond motifs is 1. The zero-order valence-electron chi connectivity index (χ0n) is 7.78. The number of nitrogens with zero attached hydrogens (tertiary/aromatic N) is 1. The largest absolute Gasteiger partial charge is 0.465 e. The highest BCUT2D eigenvalue weighted by Gasteiger charge is 2.29. The number of aliphatic imine (C=N–C) groups is 1. The molecule has 0 aromatic rings. The number of halogens is 1. The van der Waals surface area contributed by atoms with Crippen LogP contribution in [0.3, 0.4) is 0 Å². The maximum Gasteiger partial charge on any atom is 0.345 e. The Hall–Kier alpha value is -1.43. The van der Waals surface area contributed by atoms with Crippen molar-refractivity contribution >= 4 is 33.6 Å². The number of urea groups is 1. The van der Waals surface area contributed by atoms with Crippen molar-refractivity contribution in [1.82, 2.24) is 5.32 Å². The summed E-state index contributed by atoms with van der Waals surface area (Å²) in [6.07, 6.45) is 3.20. The van der Waals surface area contributed by atoms with Crippen molar-refractivity contribution in [3.8, 4) is 0 Å². The number of carbonyl (C=O) groups excluding carboxylic acids is 2. The Kier molecular flexibility index (Phi) is 2.44. The summed E-state index contributed by atoms with van der Waals surface area (Å²) < 4.78 is 4.59. The Morgan fingerprint density at radius 2 is 2.40 bits per heavy atom. The van der Waals surface area contributed by atoms with E-state index in [1.165, 1.54) is 7.11 Å². The number of hydrogen-bond donors (Lipinski definition) is 1. The van der Waals surface area contributed by atoms with Gasteiger partial charge in [0.05, 0.1) is 28.9 Å². The molecule has 1 heterocycles. The van der Waals surface area contributed by atoms with E-state index in [-0.39, 0.29) is 4.83 Å². The Bertz CT molecular complexity index is 437. The van der Waals surface area contributed by atoms with Crippen LogP contribution in [0, 0.1) is 0 Å². The van der Waals surface area contributed by atoms with E-state index in [9.17, 15) is 9.59 Å². The number of ether oxygens (including phenoxy) is 1. The van der Waals surface area contributed by atoms with Crippen LogP contribution in [0.5, 0.6) is 0 Å². The molecular weight excluding hydrogens is 264 g/mol. The molecule has 6 heteroatoms. The van der Waals surface area contributed by atoms with Crippen molar-refractivity contribution < 1.29 is 14.3 Å². The summed E-state index contributed by atoms with van der Waals surface area (Å²) in [4.78, 5) is 25.8. The number of amides is 2. The highest BCUT2D eigenvalue weighted by Crippen LogP contribution is 2.23. The lowest BCUT2D eigenvalue weighted by Crippen LogP contribution is -2.24. The summed E-state index contributed by atoms with van der Waals surface area (Å²) >= 11 is 3.31. The van der Waals surface area contributed by atoms with E-state index in [4.69, 9.17) is 0 Å². The van der Waals surface area contributed by atoms with E-state index < -0.39 is 12.0 Å². The van der Waals surface area contributed by atoms with E-state index in [1.54, 1.807) is 12.2 Å². The third-order valence-corrected chi connectivity index (χ3v) is 2.75. The van der Waals surface area contributed by atoms with Crippen LogP contribution in [0.2, 0.25) is 0 Å². The average molecular weight is 271 g/mol. The molecule has 2 rings (SSSR count). The standard InChI is InChI=1S/C9H7BrN2O3/c1-15-8(13)4-2-5(10)7-6(3-4)11-9(14)12-7/h2-3,5H,1H3,(H,11,14). The van der Waals surface area contributed by atoms with Crippen LogP contribution in [-0.2, 0) is 9.53 Å². The molecule has 1 unspecified atom stereocenters. The Labute approximate surface area is 94.0 Å². The molecule has 0 radical (unpaired) electrons. The molecule has 78 valence electrons. The Morgan fingerprint density at radius 3 is 3.07 bits per heavy atom. The lowest BCUT2D eigenvalue weighted by molar-refractivity contribution is -0.135. The SMILES string of the molecule is COC(=O)C1=CC(Br)C2=NC(=O)NC2=C1. The van der Waals surface area contributed by atoms with Gasteiger partial charge in [0.2, 0.25) is 0 Å². The van der Waals surface area contributed by atoms with Crippen LogP contribution in [0.1, 0.15) is 0 Å². The Balaban J connectivity index is 2.36. The van der Waals surface area contributed by atoms with Gasteiger partial charge in [0.1, 0.15) is 0 Å². The lowest BCUT2D eigenvalue weighted by Gasteiger charge is -2.13. The van der Waals surface area contributed by atoms with E-state index in [2.05, 4.69) is 31.0 Å². The molecule has 0 aromatic carbocycles. The molecule has 2 aliphatic rings. The first-order valence-corrected chi connectivity index (χ1v) is 5.09. The normalized spacial score (nSPS) is 23.5. The number of esters is 1. The molecule has 0 saturated heterocycles. The van der Waals surface area contributed by atoms with Crippen LogP contribution in [0.4, 0.5) is 4.79 Å². The molecule has 15 heavy (non-hydrogen) atoms. The molecular formula is C9H7BrN2O3. The third kappa shape index (κ3) is 1.72. The molecule has 0 bridgehead atoms.